The number of nitrogens with one attached hydrogen (secondary N) is 1. The number of hydrogen-bond acceptors (Lipinski definition) is 7. The minimum Gasteiger partial charge on any atom is -0.356 e. The van der Waals surface area contributed by atoms with Gasteiger partial charge in [0.25, 0.3) is 5.91 Å². The molecule has 10 nitrogen and oxygen atoms in total. The summed E-state index contributed by atoms with van der Waals surface area (Å²) in [5.74, 6) is 0.0360. The van der Waals surface area contributed by atoms with E-state index in [0.29, 0.717) is 23.8 Å². The molecule has 0 aliphatic carbocycles. The van der Waals surface area contributed by atoms with Gasteiger partial charge in [0, 0.05) is 33.3 Å². The highest BCUT2D eigenvalue weighted by Crippen LogP contribution is 2.16. The molecular weight excluding hydrogens is 340 g/mol. The van der Waals surface area contributed by atoms with Gasteiger partial charge in [-0.1, -0.05) is 11.2 Å². The van der Waals surface area contributed by atoms with E-state index < -0.39 is 12.1 Å². The van der Waals surface area contributed by atoms with E-state index in [2.05, 4.69) is 20.4 Å². The van der Waals surface area contributed by atoms with Crippen LogP contribution < -0.4 is 5.32 Å². The maximum atomic E-state index is 12.0. The Morgan fingerprint density at radius 1 is 1.31 bits per heavy atom. The van der Waals surface area contributed by atoms with Gasteiger partial charge >= 0.3 is 6.03 Å². The van der Waals surface area contributed by atoms with Crippen molar-refractivity contribution in [3.05, 3.63) is 30.3 Å². The Hall–Kier alpha value is -3.30. The smallest absolute Gasteiger partial charge is 0.326 e. The molecule has 0 bridgehead atoms. The number of nitrogens with zero attached hydrogens (tertiary/aromatic N) is 5. The Morgan fingerprint density at radius 3 is 2.77 bits per heavy atom. The summed E-state index contributed by atoms with van der Waals surface area (Å²) >= 11 is 0. The van der Waals surface area contributed by atoms with Gasteiger partial charge in [-0.25, -0.2) is 4.79 Å². The van der Waals surface area contributed by atoms with Crippen molar-refractivity contribution in [2.24, 2.45) is 0 Å². The van der Waals surface area contributed by atoms with Crippen LogP contribution in [0.4, 0.5) is 4.79 Å². The van der Waals surface area contributed by atoms with Crippen LogP contribution in [0, 0.1) is 0 Å². The minimum absolute atomic E-state index is 0.0889. The topological polar surface area (TPSA) is 122 Å². The van der Waals surface area contributed by atoms with Crippen molar-refractivity contribution in [3.63, 3.8) is 0 Å². The van der Waals surface area contributed by atoms with Crippen molar-refractivity contribution in [2.45, 2.75) is 18.9 Å². The third kappa shape index (κ3) is 3.53. The first-order valence-corrected chi connectivity index (χ1v) is 8.02. The van der Waals surface area contributed by atoms with Crippen LogP contribution in [0.3, 0.4) is 0 Å². The van der Waals surface area contributed by atoms with Crippen LogP contribution in [0.25, 0.3) is 11.5 Å². The number of amides is 4. The Morgan fingerprint density at radius 2 is 2.12 bits per heavy atom. The summed E-state index contributed by atoms with van der Waals surface area (Å²) in [5, 5.41) is 6.54. The number of carbonyl (C=O) groups is 3. The van der Waals surface area contributed by atoms with Crippen LogP contribution in [0.1, 0.15) is 12.3 Å². The first kappa shape index (κ1) is 17.5. The van der Waals surface area contributed by atoms with Gasteiger partial charge in [0.1, 0.15) is 11.7 Å². The lowest BCUT2D eigenvalue weighted by Gasteiger charge is -2.15. The second kappa shape index (κ2) is 7.30. The van der Waals surface area contributed by atoms with Gasteiger partial charge in [-0.3, -0.25) is 19.5 Å². The van der Waals surface area contributed by atoms with E-state index in [1.165, 1.54) is 19.0 Å². The van der Waals surface area contributed by atoms with Crippen molar-refractivity contribution in [1.82, 2.24) is 30.2 Å². The Bertz CT molecular complexity index is 821. The molecule has 0 spiro atoms. The third-order valence-electron chi connectivity index (χ3n) is 4.07. The summed E-state index contributed by atoms with van der Waals surface area (Å²) in [6.45, 7) is 0.275. The standard InChI is InChI=1S/C16H18N6O4/c1-21-11(15(24)22(2)16(21)25)9-12(23)18-8-6-13-19-14(20-26-13)10-5-3-4-7-17-10/h3-5,7,11H,6,8-9H2,1-2H3,(H,18,23)/t11-/m0/s1. The summed E-state index contributed by atoms with van der Waals surface area (Å²) in [6, 6.07) is 4.19. The van der Waals surface area contributed by atoms with Crippen molar-refractivity contribution >= 4 is 17.8 Å². The Labute approximate surface area is 149 Å². The Kier molecular flexibility index (Phi) is 4.92. The molecule has 1 fully saturated rings. The molecule has 1 aliphatic heterocycles. The first-order chi connectivity index (χ1) is 12.5. The zero-order chi connectivity index (χ0) is 18.7. The van der Waals surface area contributed by atoms with Crippen molar-refractivity contribution < 1.29 is 18.9 Å². The fourth-order valence-corrected chi connectivity index (χ4v) is 2.59. The molecule has 3 heterocycles. The van der Waals surface area contributed by atoms with Crippen molar-refractivity contribution in [1.29, 1.82) is 0 Å². The Balaban J connectivity index is 1.48. The number of urea groups is 1. The highest BCUT2D eigenvalue weighted by molar-refractivity contribution is 6.05. The summed E-state index contributed by atoms with van der Waals surface area (Å²) in [6.07, 6.45) is 1.89. The third-order valence-corrected chi connectivity index (χ3v) is 4.07. The average molecular weight is 358 g/mol. The highest BCUT2D eigenvalue weighted by Gasteiger charge is 2.41. The molecule has 0 saturated carbocycles. The maximum absolute atomic E-state index is 12.0. The van der Waals surface area contributed by atoms with Crippen LogP contribution in [0.2, 0.25) is 0 Å². The van der Waals surface area contributed by atoms with Crippen molar-refractivity contribution in [2.75, 3.05) is 20.6 Å². The number of likely N-dealkylation sites (N-methyl/N-ethyl adjacent to an activating group) is 2. The van der Waals surface area contributed by atoms with Crippen LogP contribution in [0.5, 0.6) is 0 Å². The molecule has 2 aromatic heterocycles. The number of imide groups is 1. The summed E-state index contributed by atoms with van der Waals surface area (Å²) in [7, 11) is 2.90. The van der Waals surface area contributed by atoms with Gasteiger partial charge in [-0.15, -0.1) is 0 Å². The summed E-state index contributed by atoms with van der Waals surface area (Å²) < 4.78 is 5.13. The lowest BCUT2D eigenvalue weighted by molar-refractivity contribution is -0.131. The maximum Gasteiger partial charge on any atom is 0.326 e. The van der Waals surface area contributed by atoms with Gasteiger partial charge < -0.3 is 14.7 Å². The fraction of sp³-hybridized carbons (Fsp3) is 0.375. The number of pyridine rings is 1. The molecule has 10 heteroatoms. The SMILES string of the molecule is CN1C(=O)[C@H](CC(=O)NCCc2nc(-c3ccccn3)no2)N(C)C1=O. The van der Waals surface area contributed by atoms with Crippen LogP contribution in [-0.2, 0) is 16.0 Å². The molecular formula is C16H18N6O4. The molecule has 26 heavy (non-hydrogen) atoms. The quantitative estimate of drug-likeness (QED) is 0.725. The molecule has 0 radical (unpaired) electrons. The molecule has 136 valence electrons. The van der Waals surface area contributed by atoms with Gasteiger partial charge in [0.05, 0.1) is 6.42 Å². The van der Waals surface area contributed by atoms with Crippen LogP contribution in [-0.4, -0.2) is 69.5 Å². The predicted molar refractivity (Wildman–Crippen MR) is 88.6 cm³/mol. The lowest BCUT2D eigenvalue weighted by atomic mass is 10.2. The van der Waals surface area contributed by atoms with E-state index in [-0.39, 0.29) is 24.8 Å². The van der Waals surface area contributed by atoms with E-state index in [1.54, 1.807) is 18.3 Å². The summed E-state index contributed by atoms with van der Waals surface area (Å²) in [5.41, 5.74) is 0.600. The zero-order valence-corrected chi connectivity index (χ0v) is 14.4. The van der Waals surface area contributed by atoms with Gasteiger partial charge in [0.2, 0.25) is 17.6 Å². The fourth-order valence-electron chi connectivity index (χ4n) is 2.59. The average Bonchev–Trinajstić information content (AvgIpc) is 3.19. The first-order valence-electron chi connectivity index (χ1n) is 8.02. The summed E-state index contributed by atoms with van der Waals surface area (Å²) in [4.78, 5) is 46.3. The van der Waals surface area contributed by atoms with E-state index in [1.807, 2.05) is 6.07 Å². The molecule has 0 aromatic carbocycles. The highest BCUT2D eigenvalue weighted by atomic mass is 16.5. The largest absolute Gasteiger partial charge is 0.356 e. The van der Waals surface area contributed by atoms with Gasteiger partial charge in [0.15, 0.2) is 0 Å². The van der Waals surface area contributed by atoms with Crippen LogP contribution in [0.15, 0.2) is 28.9 Å². The molecule has 2 aromatic rings. The minimum atomic E-state index is -0.772. The number of hydrogen-bond donors (Lipinski definition) is 1. The predicted octanol–water partition coefficient (Wildman–Crippen LogP) is 0.0728. The number of aromatic nitrogens is 3. The molecule has 1 aliphatic rings. The molecule has 4 amide bonds. The van der Waals surface area contributed by atoms with Gasteiger partial charge in [-0.2, -0.15) is 4.98 Å². The second-order valence-electron chi connectivity index (χ2n) is 5.84. The molecule has 1 saturated heterocycles. The van der Waals surface area contributed by atoms with E-state index in [9.17, 15) is 14.4 Å². The van der Waals surface area contributed by atoms with Crippen molar-refractivity contribution in [3.8, 4) is 11.5 Å². The molecule has 0 unspecified atom stereocenters. The number of carbonyl (C=O) groups excluding carboxylic acids is 3. The zero-order valence-electron chi connectivity index (χ0n) is 14.4. The van der Waals surface area contributed by atoms with E-state index in [0.717, 1.165) is 4.90 Å². The monoisotopic (exact) mass is 358 g/mol. The van der Waals surface area contributed by atoms with Gasteiger partial charge in [-0.05, 0) is 12.1 Å². The van der Waals surface area contributed by atoms with E-state index in [4.69, 9.17) is 4.52 Å². The van der Waals surface area contributed by atoms with Crippen LogP contribution >= 0.6 is 0 Å². The van der Waals surface area contributed by atoms with E-state index >= 15 is 0 Å². The normalized spacial score (nSPS) is 17.1. The molecule has 1 atom stereocenters. The molecule has 1 N–H and O–H groups in total. The lowest BCUT2D eigenvalue weighted by Crippen LogP contribution is -2.37. The second-order valence-corrected chi connectivity index (χ2v) is 5.84. The molecule has 3 rings (SSSR count). The number of rotatable bonds is 6.